The molecule has 0 spiro atoms. The predicted octanol–water partition coefficient (Wildman–Crippen LogP) is 2.57. The van der Waals surface area contributed by atoms with Gasteiger partial charge in [-0.25, -0.2) is 8.51 Å². The Kier molecular flexibility index (Phi) is 10.9. The van der Waals surface area contributed by atoms with Crippen molar-refractivity contribution in [1.29, 1.82) is 0 Å². The van der Waals surface area contributed by atoms with Crippen LogP contribution in [0, 0.1) is 13.8 Å². The number of rotatable bonds is 11. The molecule has 0 saturated carbocycles. The summed E-state index contributed by atoms with van der Waals surface area (Å²) in [5.41, 5.74) is 3.89. The first-order chi connectivity index (χ1) is 18.5. The lowest BCUT2D eigenvalue weighted by molar-refractivity contribution is -0.132. The minimum atomic E-state index is -1.52. The number of carbonyl (C=O) groups is 2. The minimum absolute atomic E-state index is 0.0961. The Labute approximate surface area is 235 Å². The molecule has 0 aromatic heterocycles. The zero-order valence-electron chi connectivity index (χ0n) is 24.3. The van der Waals surface area contributed by atoms with Gasteiger partial charge in [0.2, 0.25) is 11.8 Å². The fourth-order valence-corrected chi connectivity index (χ4v) is 6.09. The van der Waals surface area contributed by atoms with Gasteiger partial charge < -0.3 is 24.8 Å². The van der Waals surface area contributed by atoms with E-state index in [1.807, 2.05) is 26.0 Å². The van der Waals surface area contributed by atoms with Gasteiger partial charge in [0, 0.05) is 45.5 Å². The predicted molar refractivity (Wildman–Crippen MR) is 156 cm³/mol. The summed E-state index contributed by atoms with van der Waals surface area (Å²) in [7, 11) is 7.69. The van der Waals surface area contributed by atoms with Gasteiger partial charge in [0.05, 0.1) is 25.1 Å². The van der Waals surface area contributed by atoms with E-state index < -0.39 is 11.0 Å². The highest BCUT2D eigenvalue weighted by Crippen LogP contribution is 2.26. The van der Waals surface area contributed by atoms with Crippen LogP contribution in [0.1, 0.15) is 29.5 Å². The number of benzene rings is 2. The molecule has 1 saturated heterocycles. The minimum Gasteiger partial charge on any atom is -0.497 e. The molecule has 1 heterocycles. The highest BCUT2D eigenvalue weighted by Gasteiger charge is 2.22. The van der Waals surface area contributed by atoms with Gasteiger partial charge in [-0.3, -0.25) is 9.59 Å². The molecule has 2 unspecified atom stereocenters. The Bertz CT molecular complexity index is 1150. The number of amides is 2. The topological polar surface area (TPSA) is 85.4 Å². The summed E-state index contributed by atoms with van der Waals surface area (Å²) < 4.78 is 19.8. The second-order valence-electron chi connectivity index (χ2n) is 10.5. The first kappa shape index (κ1) is 30.6. The van der Waals surface area contributed by atoms with Gasteiger partial charge in [0.25, 0.3) is 0 Å². The van der Waals surface area contributed by atoms with Crippen LogP contribution in [-0.2, 0) is 27.1 Å². The Morgan fingerprint density at radius 3 is 2.31 bits per heavy atom. The quantitative estimate of drug-likeness (QED) is 0.457. The van der Waals surface area contributed by atoms with E-state index in [1.54, 1.807) is 26.1 Å². The number of anilines is 1. The molecular formula is C29H43N5O4S. The maximum atomic E-state index is 13.1. The molecule has 1 aliphatic heterocycles. The number of methoxy groups -OCH3 is 1. The summed E-state index contributed by atoms with van der Waals surface area (Å²) in [5.74, 6) is 0.145. The van der Waals surface area contributed by atoms with Crippen molar-refractivity contribution < 1.29 is 18.5 Å². The number of ether oxygens (including phenoxy) is 1. The maximum Gasteiger partial charge on any atom is 0.242 e. The van der Waals surface area contributed by atoms with Crippen LogP contribution in [0.25, 0.3) is 0 Å². The molecule has 214 valence electrons. The molecule has 10 heteroatoms. The summed E-state index contributed by atoms with van der Waals surface area (Å²) in [6, 6.07) is 12.6. The molecule has 2 amide bonds. The summed E-state index contributed by atoms with van der Waals surface area (Å²) in [6.45, 7) is 6.06. The van der Waals surface area contributed by atoms with Crippen molar-refractivity contribution in [3.63, 3.8) is 0 Å². The fourth-order valence-electron chi connectivity index (χ4n) is 4.87. The number of carbonyl (C=O) groups excluding carboxylic acids is 2. The largest absolute Gasteiger partial charge is 0.497 e. The van der Waals surface area contributed by atoms with Gasteiger partial charge >= 0.3 is 0 Å². The average molecular weight is 558 g/mol. The third kappa shape index (κ3) is 8.27. The standard InChI is InChI=1S/C29H43N5O4S/c1-21-15-26(38-7)16-22(2)29(21)39(37)33(6)20-27(35)30-17-28(36)32(5)18-23-10-12-24(13-11-23)34-14-8-9-25(19-34)31(3)4/h10-13,15-16,25H,8-9,14,17-20H2,1-7H3,(H,30,35). The zero-order chi connectivity index (χ0) is 28.7. The molecule has 0 bridgehead atoms. The van der Waals surface area contributed by atoms with E-state index in [0.29, 0.717) is 23.2 Å². The number of likely N-dealkylation sites (N-methyl/N-ethyl adjacent to an activating group) is 3. The normalized spacial score (nSPS) is 16.3. The van der Waals surface area contributed by atoms with Crippen LogP contribution < -0.4 is 15.0 Å². The van der Waals surface area contributed by atoms with Gasteiger partial charge in [-0.1, -0.05) is 12.1 Å². The number of piperidine rings is 1. The van der Waals surface area contributed by atoms with Crippen molar-refractivity contribution in [2.45, 2.75) is 44.2 Å². The van der Waals surface area contributed by atoms with Crippen molar-refractivity contribution >= 4 is 28.5 Å². The van der Waals surface area contributed by atoms with E-state index >= 15 is 0 Å². The third-order valence-electron chi connectivity index (χ3n) is 7.20. The molecule has 1 N–H and O–H groups in total. The second kappa shape index (κ2) is 13.9. The van der Waals surface area contributed by atoms with Crippen LogP contribution in [-0.4, -0.2) is 97.6 Å². The van der Waals surface area contributed by atoms with Crippen LogP contribution in [0.15, 0.2) is 41.3 Å². The fraction of sp³-hybridized carbons (Fsp3) is 0.517. The van der Waals surface area contributed by atoms with E-state index in [0.717, 1.165) is 29.8 Å². The van der Waals surface area contributed by atoms with Gasteiger partial charge in [-0.2, -0.15) is 0 Å². The van der Waals surface area contributed by atoms with Crippen molar-refractivity contribution in [2.24, 2.45) is 0 Å². The molecule has 9 nitrogen and oxygen atoms in total. The maximum absolute atomic E-state index is 13.1. The molecule has 2 atom stereocenters. The molecule has 0 aliphatic carbocycles. The zero-order valence-corrected chi connectivity index (χ0v) is 25.1. The van der Waals surface area contributed by atoms with Crippen molar-refractivity contribution in [1.82, 2.24) is 19.4 Å². The van der Waals surface area contributed by atoms with Crippen LogP contribution in [0.3, 0.4) is 0 Å². The van der Waals surface area contributed by atoms with Gasteiger partial charge in [-0.05, 0) is 81.7 Å². The average Bonchev–Trinajstić information content (AvgIpc) is 2.91. The van der Waals surface area contributed by atoms with Crippen molar-refractivity contribution in [3.05, 3.63) is 53.1 Å². The SMILES string of the molecule is COc1cc(C)c(S(=O)N(C)CC(=O)NCC(=O)N(C)Cc2ccc(N3CCCC(N(C)C)C3)cc2)c(C)c1. The lowest BCUT2D eigenvalue weighted by atomic mass is 10.0. The lowest BCUT2D eigenvalue weighted by Crippen LogP contribution is -2.45. The van der Waals surface area contributed by atoms with Gasteiger partial charge in [0.15, 0.2) is 0 Å². The summed E-state index contributed by atoms with van der Waals surface area (Å²) in [6.07, 6.45) is 2.40. The Morgan fingerprint density at radius 1 is 1.08 bits per heavy atom. The monoisotopic (exact) mass is 557 g/mol. The Hall–Kier alpha value is -2.95. The first-order valence-electron chi connectivity index (χ1n) is 13.3. The van der Waals surface area contributed by atoms with Crippen LogP contribution >= 0.6 is 0 Å². The van der Waals surface area contributed by atoms with E-state index in [-0.39, 0.29) is 24.9 Å². The third-order valence-corrected chi connectivity index (χ3v) is 8.89. The molecular weight excluding hydrogens is 514 g/mol. The van der Waals surface area contributed by atoms with Crippen molar-refractivity contribution in [3.8, 4) is 5.75 Å². The van der Waals surface area contributed by atoms with Gasteiger partial charge in [0.1, 0.15) is 16.7 Å². The lowest BCUT2D eigenvalue weighted by Gasteiger charge is -2.37. The molecule has 2 aromatic rings. The second-order valence-corrected chi connectivity index (χ2v) is 12.1. The van der Waals surface area contributed by atoms with Gasteiger partial charge in [-0.15, -0.1) is 0 Å². The number of hydrogen-bond donors (Lipinski definition) is 1. The highest BCUT2D eigenvalue weighted by molar-refractivity contribution is 7.82. The molecule has 1 fully saturated rings. The van der Waals surface area contributed by atoms with Crippen molar-refractivity contribution in [2.75, 3.05) is 66.4 Å². The van der Waals surface area contributed by atoms with Crippen LogP contribution in [0.2, 0.25) is 0 Å². The Balaban J connectivity index is 1.47. The van der Waals surface area contributed by atoms with Crippen LogP contribution in [0.4, 0.5) is 5.69 Å². The summed E-state index contributed by atoms with van der Waals surface area (Å²) in [4.78, 5) is 32.2. The number of nitrogens with one attached hydrogen (secondary N) is 1. The molecule has 0 radical (unpaired) electrons. The van der Waals surface area contributed by atoms with Crippen LogP contribution in [0.5, 0.6) is 5.75 Å². The van der Waals surface area contributed by atoms with E-state index in [2.05, 4.69) is 53.5 Å². The molecule has 3 rings (SSSR count). The molecule has 2 aromatic carbocycles. The smallest absolute Gasteiger partial charge is 0.242 e. The van der Waals surface area contributed by atoms with E-state index in [4.69, 9.17) is 4.74 Å². The van der Waals surface area contributed by atoms with E-state index in [9.17, 15) is 13.8 Å². The first-order valence-corrected chi connectivity index (χ1v) is 14.4. The molecule has 39 heavy (non-hydrogen) atoms. The number of nitrogens with zero attached hydrogens (tertiary/aromatic N) is 4. The number of hydrogen-bond acceptors (Lipinski definition) is 6. The highest BCUT2D eigenvalue weighted by atomic mass is 32.2. The summed E-state index contributed by atoms with van der Waals surface area (Å²) in [5, 5.41) is 2.66. The summed E-state index contributed by atoms with van der Waals surface area (Å²) >= 11 is 0. The molecule has 1 aliphatic rings. The number of aryl methyl sites for hydroxylation is 2. The Morgan fingerprint density at radius 2 is 1.72 bits per heavy atom. The van der Waals surface area contributed by atoms with E-state index in [1.165, 1.54) is 22.8 Å².